The molecule has 1 N–H and O–H groups in total. The van der Waals surface area contributed by atoms with Crippen molar-refractivity contribution in [1.29, 1.82) is 0 Å². The number of ether oxygens (including phenoxy) is 2. The van der Waals surface area contributed by atoms with E-state index in [1.807, 2.05) is 42.1 Å². The molecule has 3 heterocycles. The number of methoxy groups -OCH3 is 1. The molecule has 1 aliphatic rings. The average molecular weight is 392 g/mol. The highest BCUT2D eigenvalue weighted by Crippen LogP contribution is 2.26. The van der Waals surface area contributed by atoms with Crippen LogP contribution in [0.3, 0.4) is 0 Å². The lowest BCUT2D eigenvalue weighted by atomic mass is 9.97. The molecular formula is C22H24N4O3. The first-order chi connectivity index (χ1) is 14.1. The SMILES string of the molecule is COc1cc(-n2cnc(C)c2)ncc1CNCCc1ccc2c(c1C)COC2=O. The number of benzene rings is 1. The van der Waals surface area contributed by atoms with Crippen molar-refractivity contribution < 1.29 is 14.3 Å². The third-order valence-corrected chi connectivity index (χ3v) is 5.29. The van der Waals surface area contributed by atoms with Crippen LogP contribution < -0.4 is 10.1 Å². The van der Waals surface area contributed by atoms with Crippen molar-refractivity contribution in [3.8, 4) is 11.6 Å². The number of pyridine rings is 1. The lowest BCUT2D eigenvalue weighted by Gasteiger charge is -2.12. The molecule has 0 amide bonds. The number of carbonyl (C=O) groups is 1. The van der Waals surface area contributed by atoms with Gasteiger partial charge in [-0.3, -0.25) is 4.57 Å². The standard InChI is InChI=1S/C22H24N4O3/c1-14-11-26(13-25-14)21-8-20(28-3)17(10-24-21)9-23-7-6-16-4-5-18-19(15(16)2)12-29-22(18)27/h4-5,8,10-11,13,23H,6-7,9,12H2,1-3H3. The molecule has 7 nitrogen and oxygen atoms in total. The predicted octanol–water partition coefficient (Wildman–Crippen LogP) is 2.90. The summed E-state index contributed by atoms with van der Waals surface area (Å²) in [6, 6.07) is 5.81. The van der Waals surface area contributed by atoms with Crippen LogP contribution in [-0.4, -0.2) is 34.2 Å². The number of rotatable bonds is 7. The maximum atomic E-state index is 11.7. The molecule has 0 saturated heterocycles. The van der Waals surface area contributed by atoms with E-state index in [9.17, 15) is 4.79 Å². The van der Waals surface area contributed by atoms with Gasteiger partial charge in [0.15, 0.2) is 0 Å². The van der Waals surface area contributed by atoms with Crippen molar-refractivity contribution >= 4 is 5.97 Å². The maximum absolute atomic E-state index is 11.7. The van der Waals surface area contributed by atoms with Crippen LogP contribution in [0, 0.1) is 13.8 Å². The Labute approximate surface area is 169 Å². The third-order valence-electron chi connectivity index (χ3n) is 5.29. The van der Waals surface area contributed by atoms with Crippen molar-refractivity contribution in [2.24, 2.45) is 0 Å². The lowest BCUT2D eigenvalue weighted by Crippen LogP contribution is -2.18. The molecule has 29 heavy (non-hydrogen) atoms. The van der Waals surface area contributed by atoms with E-state index in [4.69, 9.17) is 9.47 Å². The van der Waals surface area contributed by atoms with E-state index in [0.29, 0.717) is 18.7 Å². The Morgan fingerprint density at radius 3 is 2.86 bits per heavy atom. The highest BCUT2D eigenvalue weighted by atomic mass is 16.5. The van der Waals surface area contributed by atoms with Crippen LogP contribution in [0.2, 0.25) is 0 Å². The lowest BCUT2D eigenvalue weighted by molar-refractivity contribution is 0.0535. The number of cyclic esters (lactones) is 1. The molecule has 7 heteroatoms. The summed E-state index contributed by atoms with van der Waals surface area (Å²) < 4.78 is 12.6. The second-order valence-electron chi connectivity index (χ2n) is 7.16. The molecule has 4 rings (SSSR count). The fourth-order valence-electron chi connectivity index (χ4n) is 3.58. The Morgan fingerprint density at radius 2 is 2.10 bits per heavy atom. The zero-order chi connectivity index (χ0) is 20.4. The molecule has 3 aromatic rings. The normalized spacial score (nSPS) is 12.7. The molecule has 0 radical (unpaired) electrons. The van der Waals surface area contributed by atoms with Gasteiger partial charge in [-0.15, -0.1) is 0 Å². The molecular weight excluding hydrogens is 368 g/mol. The number of aryl methyl sites for hydroxylation is 1. The molecule has 0 aliphatic carbocycles. The molecule has 0 spiro atoms. The number of hydrogen-bond donors (Lipinski definition) is 1. The summed E-state index contributed by atoms with van der Waals surface area (Å²) in [7, 11) is 1.67. The fraction of sp³-hybridized carbons (Fsp3) is 0.318. The highest BCUT2D eigenvalue weighted by Gasteiger charge is 2.23. The Kier molecular flexibility index (Phi) is 5.31. The fourth-order valence-corrected chi connectivity index (χ4v) is 3.58. The first-order valence-electron chi connectivity index (χ1n) is 9.60. The summed E-state index contributed by atoms with van der Waals surface area (Å²) in [5.41, 5.74) is 6.03. The Morgan fingerprint density at radius 1 is 1.24 bits per heavy atom. The monoisotopic (exact) mass is 392 g/mol. The largest absolute Gasteiger partial charge is 0.496 e. The van der Waals surface area contributed by atoms with Gasteiger partial charge in [-0.1, -0.05) is 6.07 Å². The minimum absolute atomic E-state index is 0.221. The van der Waals surface area contributed by atoms with E-state index in [0.717, 1.165) is 46.9 Å². The van der Waals surface area contributed by atoms with Crippen molar-refractivity contribution in [3.05, 3.63) is 70.4 Å². The summed E-state index contributed by atoms with van der Waals surface area (Å²) in [5, 5.41) is 3.45. The molecule has 0 saturated carbocycles. The Hall–Kier alpha value is -3.19. The second-order valence-corrected chi connectivity index (χ2v) is 7.16. The summed E-state index contributed by atoms with van der Waals surface area (Å²) in [4.78, 5) is 20.4. The van der Waals surface area contributed by atoms with Crippen LogP contribution in [-0.2, 0) is 24.3 Å². The van der Waals surface area contributed by atoms with E-state index >= 15 is 0 Å². The van der Waals surface area contributed by atoms with E-state index in [-0.39, 0.29) is 5.97 Å². The van der Waals surface area contributed by atoms with E-state index in [1.54, 1.807) is 13.4 Å². The van der Waals surface area contributed by atoms with Crippen molar-refractivity contribution in [2.45, 2.75) is 33.4 Å². The number of hydrogen-bond acceptors (Lipinski definition) is 6. The minimum Gasteiger partial charge on any atom is -0.496 e. The predicted molar refractivity (Wildman–Crippen MR) is 108 cm³/mol. The number of nitrogens with one attached hydrogen (secondary N) is 1. The number of aromatic nitrogens is 3. The van der Waals surface area contributed by atoms with E-state index in [2.05, 4.69) is 22.2 Å². The van der Waals surface area contributed by atoms with Crippen LogP contribution in [0.5, 0.6) is 5.75 Å². The van der Waals surface area contributed by atoms with Crippen molar-refractivity contribution in [3.63, 3.8) is 0 Å². The van der Waals surface area contributed by atoms with Gasteiger partial charge in [0.05, 0.1) is 18.4 Å². The molecule has 2 aromatic heterocycles. The van der Waals surface area contributed by atoms with E-state index in [1.165, 1.54) is 5.56 Å². The van der Waals surface area contributed by atoms with Crippen LogP contribution in [0.15, 0.2) is 36.9 Å². The maximum Gasteiger partial charge on any atom is 0.338 e. The first kappa shape index (κ1) is 19.1. The highest BCUT2D eigenvalue weighted by molar-refractivity contribution is 5.93. The minimum atomic E-state index is -0.221. The topological polar surface area (TPSA) is 78.3 Å². The number of fused-ring (bicyclic) bond motifs is 1. The molecule has 1 aromatic carbocycles. The van der Waals surface area contributed by atoms with Gasteiger partial charge in [0.2, 0.25) is 0 Å². The van der Waals surface area contributed by atoms with Gasteiger partial charge < -0.3 is 14.8 Å². The van der Waals surface area contributed by atoms with Gasteiger partial charge >= 0.3 is 5.97 Å². The van der Waals surface area contributed by atoms with Gasteiger partial charge in [0.25, 0.3) is 0 Å². The zero-order valence-corrected chi connectivity index (χ0v) is 16.9. The summed E-state index contributed by atoms with van der Waals surface area (Å²) >= 11 is 0. The summed E-state index contributed by atoms with van der Waals surface area (Å²) in [6.07, 6.45) is 6.37. The zero-order valence-electron chi connectivity index (χ0n) is 16.9. The van der Waals surface area contributed by atoms with Crippen LogP contribution in [0.4, 0.5) is 0 Å². The number of nitrogens with zero attached hydrogens (tertiary/aromatic N) is 3. The van der Waals surface area contributed by atoms with Gasteiger partial charge in [-0.25, -0.2) is 14.8 Å². The molecule has 0 atom stereocenters. The van der Waals surface area contributed by atoms with Crippen LogP contribution in [0.1, 0.15) is 38.3 Å². The van der Waals surface area contributed by atoms with Crippen LogP contribution in [0.25, 0.3) is 5.82 Å². The average Bonchev–Trinajstić information content (AvgIpc) is 3.33. The molecule has 0 fully saturated rings. The number of carbonyl (C=O) groups excluding carboxylic acids is 1. The summed E-state index contributed by atoms with van der Waals surface area (Å²) in [6.45, 7) is 5.84. The molecule has 150 valence electrons. The second kappa shape index (κ2) is 8.05. The first-order valence-corrected chi connectivity index (χ1v) is 9.60. The van der Waals surface area contributed by atoms with Gasteiger partial charge in [0.1, 0.15) is 24.5 Å². The van der Waals surface area contributed by atoms with Crippen molar-refractivity contribution in [1.82, 2.24) is 19.9 Å². The molecule has 1 aliphatic heterocycles. The smallest absolute Gasteiger partial charge is 0.338 e. The van der Waals surface area contributed by atoms with Gasteiger partial charge in [0, 0.05) is 36.1 Å². The molecule has 0 unspecified atom stereocenters. The van der Waals surface area contributed by atoms with Crippen molar-refractivity contribution in [2.75, 3.05) is 13.7 Å². The third kappa shape index (κ3) is 3.86. The Balaban J connectivity index is 1.38. The molecule has 0 bridgehead atoms. The number of esters is 1. The number of imidazole rings is 1. The summed E-state index contributed by atoms with van der Waals surface area (Å²) in [5.74, 6) is 1.34. The van der Waals surface area contributed by atoms with E-state index < -0.39 is 0 Å². The van der Waals surface area contributed by atoms with Gasteiger partial charge in [-0.2, -0.15) is 0 Å². The van der Waals surface area contributed by atoms with Crippen LogP contribution >= 0.6 is 0 Å². The Bertz CT molecular complexity index is 1060. The van der Waals surface area contributed by atoms with Gasteiger partial charge in [-0.05, 0) is 44.0 Å². The quantitative estimate of drug-likeness (QED) is 0.492.